The Balaban J connectivity index is 1.41. The minimum atomic E-state index is -0.634. The van der Waals surface area contributed by atoms with Crippen LogP contribution < -0.4 is 20.2 Å². The average Bonchev–Trinajstić information content (AvgIpc) is 3.34. The first kappa shape index (κ1) is 27.3. The molecule has 1 aromatic heterocycles. The highest BCUT2D eigenvalue weighted by Gasteiger charge is 2.16. The maximum atomic E-state index is 12.5. The molecule has 0 aliphatic rings. The van der Waals surface area contributed by atoms with Crippen molar-refractivity contribution < 1.29 is 28.4 Å². The Morgan fingerprint density at radius 2 is 1.82 bits per heavy atom. The van der Waals surface area contributed by atoms with Crippen molar-refractivity contribution in [3.63, 3.8) is 0 Å². The van der Waals surface area contributed by atoms with E-state index in [2.05, 4.69) is 31.8 Å². The maximum Gasteiger partial charge on any atom is 0.307 e. The number of anilines is 1. The van der Waals surface area contributed by atoms with Crippen LogP contribution in [-0.2, 0) is 4.79 Å². The van der Waals surface area contributed by atoms with Crippen LogP contribution in [0.5, 0.6) is 11.5 Å². The van der Waals surface area contributed by atoms with Crippen molar-refractivity contribution in [1.82, 2.24) is 5.43 Å². The van der Waals surface area contributed by atoms with E-state index in [-0.39, 0.29) is 24.0 Å². The second kappa shape index (κ2) is 12.2. The summed E-state index contributed by atoms with van der Waals surface area (Å²) in [7, 11) is 0. The van der Waals surface area contributed by atoms with Gasteiger partial charge in [-0.3, -0.25) is 19.7 Å². The molecule has 1 heterocycles. The molecule has 4 aromatic rings. The summed E-state index contributed by atoms with van der Waals surface area (Å²) >= 11 is 3.44. The molecule has 0 bridgehead atoms. The fourth-order valence-electron chi connectivity index (χ4n) is 3.48. The van der Waals surface area contributed by atoms with Gasteiger partial charge >= 0.3 is 5.91 Å². The smallest absolute Gasteiger partial charge is 0.307 e. The topological polar surface area (TPSA) is 145 Å². The summed E-state index contributed by atoms with van der Waals surface area (Å²) in [6.45, 7) is 3.89. The molecule has 2 amide bonds. The Morgan fingerprint density at radius 3 is 2.54 bits per heavy atom. The van der Waals surface area contributed by atoms with Gasteiger partial charge in [0.2, 0.25) is 0 Å². The highest BCUT2D eigenvalue weighted by atomic mass is 79.9. The monoisotopic (exact) mass is 594 g/mol. The summed E-state index contributed by atoms with van der Waals surface area (Å²) in [6.07, 6.45) is 1.39. The van der Waals surface area contributed by atoms with E-state index in [0.717, 1.165) is 5.56 Å². The minimum absolute atomic E-state index is 0.0515. The lowest BCUT2D eigenvalue weighted by Gasteiger charge is -2.14. The van der Waals surface area contributed by atoms with Gasteiger partial charge in [0.05, 0.1) is 17.7 Å². The van der Waals surface area contributed by atoms with Crippen LogP contribution in [0.15, 0.2) is 74.7 Å². The first-order chi connectivity index (χ1) is 18.7. The predicted octanol–water partition coefficient (Wildman–Crippen LogP) is 5.59. The Labute approximate surface area is 231 Å². The Bertz CT molecular complexity index is 1560. The average molecular weight is 595 g/mol. The number of halogens is 1. The molecule has 11 nitrogen and oxygen atoms in total. The van der Waals surface area contributed by atoms with Crippen LogP contribution in [0.2, 0.25) is 0 Å². The number of benzene rings is 3. The summed E-state index contributed by atoms with van der Waals surface area (Å²) in [5.74, 6) is -0.281. The van der Waals surface area contributed by atoms with Gasteiger partial charge in [-0.05, 0) is 66.2 Å². The van der Waals surface area contributed by atoms with Crippen LogP contribution in [0.25, 0.3) is 11.0 Å². The van der Waals surface area contributed by atoms with E-state index in [1.54, 1.807) is 12.1 Å². The number of nitro groups is 1. The molecule has 2 N–H and O–H groups in total. The van der Waals surface area contributed by atoms with Crippen molar-refractivity contribution in [2.24, 2.45) is 5.10 Å². The number of aryl methyl sites for hydroxylation is 1. The summed E-state index contributed by atoms with van der Waals surface area (Å²) in [5.41, 5.74) is 4.90. The number of furan rings is 1. The lowest BCUT2D eigenvalue weighted by Crippen LogP contribution is -2.20. The second-order valence-corrected chi connectivity index (χ2v) is 9.10. The zero-order chi connectivity index (χ0) is 27.9. The summed E-state index contributed by atoms with van der Waals surface area (Å²) in [4.78, 5) is 35.2. The van der Waals surface area contributed by atoms with Gasteiger partial charge in [-0.25, -0.2) is 5.43 Å². The first-order valence-corrected chi connectivity index (χ1v) is 12.5. The number of nitro benzene ring substituents is 1. The van der Waals surface area contributed by atoms with Gasteiger partial charge in [-0.1, -0.05) is 17.7 Å². The standard InChI is InChI=1S/C27H23BrN4O7/c1-3-37-23-12-18(21(28)13-24(23)38-15-26(33)30-19-6-4-16(2)5-7-19)14-29-31-27(34)25-11-17-10-20(32(35)36)8-9-22(17)39-25/h4-14H,3,15H2,1-2H3,(H,30,33)(H,31,34)/b29-14-. The summed E-state index contributed by atoms with van der Waals surface area (Å²) in [6, 6.07) is 16.1. The van der Waals surface area contributed by atoms with E-state index < -0.39 is 10.8 Å². The third-order valence-corrected chi connectivity index (χ3v) is 6.05. The molecule has 0 atom stereocenters. The number of carbonyl (C=O) groups excluding carboxylic acids is 2. The Hall–Kier alpha value is -4.71. The molecular formula is C27H23BrN4O7. The predicted molar refractivity (Wildman–Crippen MR) is 149 cm³/mol. The van der Waals surface area contributed by atoms with E-state index in [1.165, 1.54) is 30.5 Å². The number of nitrogens with zero attached hydrogens (tertiary/aromatic N) is 2. The molecule has 200 valence electrons. The van der Waals surface area contributed by atoms with Gasteiger partial charge in [0.1, 0.15) is 5.58 Å². The van der Waals surface area contributed by atoms with Crippen LogP contribution >= 0.6 is 15.9 Å². The Morgan fingerprint density at radius 1 is 1.08 bits per heavy atom. The normalized spacial score (nSPS) is 10.9. The fourth-order valence-corrected chi connectivity index (χ4v) is 3.90. The van der Waals surface area contributed by atoms with Crippen molar-refractivity contribution in [2.45, 2.75) is 13.8 Å². The molecule has 12 heteroatoms. The SMILES string of the molecule is CCOc1cc(/C=N\NC(=O)c2cc3cc([N+](=O)[O-])ccc3o2)c(Br)cc1OCC(=O)Nc1ccc(C)cc1. The lowest BCUT2D eigenvalue weighted by atomic mass is 10.2. The fraction of sp³-hybridized carbons (Fsp3) is 0.148. The van der Waals surface area contributed by atoms with Crippen molar-refractivity contribution in [1.29, 1.82) is 0 Å². The van der Waals surface area contributed by atoms with Gasteiger partial charge in [0.15, 0.2) is 23.9 Å². The number of hydrogen-bond donors (Lipinski definition) is 2. The van der Waals surface area contributed by atoms with Crippen molar-refractivity contribution in [3.8, 4) is 11.5 Å². The number of hydrogen-bond acceptors (Lipinski definition) is 8. The minimum Gasteiger partial charge on any atom is -0.490 e. The van der Waals surface area contributed by atoms with Crippen LogP contribution in [-0.4, -0.2) is 36.2 Å². The van der Waals surface area contributed by atoms with Gasteiger partial charge in [-0.2, -0.15) is 5.10 Å². The summed E-state index contributed by atoms with van der Waals surface area (Å²) < 4.78 is 17.4. The molecule has 0 aliphatic heterocycles. The lowest BCUT2D eigenvalue weighted by molar-refractivity contribution is -0.384. The molecule has 0 fully saturated rings. The molecule has 3 aromatic carbocycles. The van der Waals surface area contributed by atoms with Crippen molar-refractivity contribution in [3.05, 3.63) is 92.1 Å². The van der Waals surface area contributed by atoms with E-state index in [1.807, 2.05) is 38.1 Å². The van der Waals surface area contributed by atoms with Crippen LogP contribution in [0, 0.1) is 17.0 Å². The zero-order valence-electron chi connectivity index (χ0n) is 20.9. The molecule has 0 unspecified atom stereocenters. The number of amides is 2. The largest absolute Gasteiger partial charge is 0.490 e. The van der Waals surface area contributed by atoms with E-state index in [4.69, 9.17) is 13.9 Å². The number of nitrogens with one attached hydrogen (secondary N) is 2. The van der Waals surface area contributed by atoms with Gasteiger partial charge < -0.3 is 19.2 Å². The molecular weight excluding hydrogens is 572 g/mol. The van der Waals surface area contributed by atoms with Crippen molar-refractivity contribution >= 4 is 56.3 Å². The molecule has 0 aliphatic carbocycles. The van der Waals surface area contributed by atoms with Gasteiger partial charge in [0.25, 0.3) is 11.6 Å². The number of fused-ring (bicyclic) bond motifs is 1. The third kappa shape index (κ3) is 6.99. The molecule has 0 radical (unpaired) electrons. The maximum absolute atomic E-state index is 12.5. The zero-order valence-corrected chi connectivity index (χ0v) is 22.5. The third-order valence-electron chi connectivity index (χ3n) is 5.36. The highest BCUT2D eigenvalue weighted by molar-refractivity contribution is 9.10. The van der Waals surface area contributed by atoms with Crippen LogP contribution in [0.4, 0.5) is 11.4 Å². The van der Waals surface area contributed by atoms with Gasteiger partial charge in [-0.15, -0.1) is 0 Å². The van der Waals surface area contributed by atoms with E-state index in [9.17, 15) is 19.7 Å². The quantitative estimate of drug-likeness (QED) is 0.138. The van der Waals surface area contributed by atoms with Crippen LogP contribution in [0.1, 0.15) is 28.6 Å². The van der Waals surface area contributed by atoms with E-state index in [0.29, 0.717) is 44.8 Å². The van der Waals surface area contributed by atoms with Crippen LogP contribution in [0.3, 0.4) is 0 Å². The van der Waals surface area contributed by atoms with Crippen molar-refractivity contribution in [2.75, 3.05) is 18.5 Å². The first-order valence-electron chi connectivity index (χ1n) is 11.7. The Kier molecular flexibility index (Phi) is 8.56. The molecule has 39 heavy (non-hydrogen) atoms. The second-order valence-electron chi connectivity index (χ2n) is 8.25. The molecule has 4 rings (SSSR count). The van der Waals surface area contributed by atoms with Gasteiger partial charge in [0, 0.05) is 33.2 Å². The molecule has 0 saturated carbocycles. The number of non-ortho nitro benzene ring substituents is 1. The number of ether oxygens (including phenoxy) is 2. The number of rotatable bonds is 10. The number of carbonyl (C=O) groups is 2. The molecule has 0 spiro atoms. The highest BCUT2D eigenvalue weighted by Crippen LogP contribution is 2.33. The molecule has 0 saturated heterocycles. The van der Waals surface area contributed by atoms with E-state index >= 15 is 0 Å². The summed E-state index contributed by atoms with van der Waals surface area (Å²) in [5, 5.41) is 18.1. The number of hydrazone groups is 1.